The summed E-state index contributed by atoms with van der Waals surface area (Å²) in [5.74, 6) is -0.929. The van der Waals surface area contributed by atoms with Crippen molar-refractivity contribution in [2.45, 2.75) is 31.4 Å². The minimum atomic E-state index is -1.04. The van der Waals surface area contributed by atoms with Crippen LogP contribution >= 0.6 is 11.6 Å². The van der Waals surface area contributed by atoms with Crippen LogP contribution in [0.2, 0.25) is 5.02 Å². The van der Waals surface area contributed by atoms with E-state index < -0.39 is 22.2 Å². The van der Waals surface area contributed by atoms with Crippen LogP contribution in [0.4, 0.5) is 5.69 Å². The lowest BCUT2D eigenvalue weighted by Crippen LogP contribution is -2.41. The van der Waals surface area contributed by atoms with Crippen molar-refractivity contribution in [1.29, 1.82) is 0 Å². The minimum Gasteiger partial charge on any atom is -0.481 e. The maximum absolute atomic E-state index is 12.1. The van der Waals surface area contributed by atoms with Crippen molar-refractivity contribution in [3.8, 4) is 0 Å². The molecule has 0 saturated heterocycles. The number of carboxylic acids is 1. The number of carboxylic acid groups (broad SMARTS) is 1. The number of amides is 1. The van der Waals surface area contributed by atoms with Crippen LogP contribution in [0.25, 0.3) is 0 Å². The molecule has 0 heterocycles. The third kappa shape index (κ3) is 3.87. The molecule has 0 spiro atoms. The van der Waals surface area contributed by atoms with Crippen LogP contribution in [0.1, 0.15) is 31.2 Å². The van der Waals surface area contributed by atoms with Crippen LogP contribution in [0.5, 0.6) is 0 Å². The van der Waals surface area contributed by atoms with Gasteiger partial charge in [0.1, 0.15) is 0 Å². The molecule has 1 aliphatic carbocycles. The van der Waals surface area contributed by atoms with Crippen molar-refractivity contribution < 1.29 is 18.9 Å². The molecule has 2 rings (SSSR count). The Morgan fingerprint density at radius 2 is 2.09 bits per heavy atom. The molecule has 120 valence electrons. The number of hydrogen-bond acceptors (Lipinski definition) is 3. The van der Waals surface area contributed by atoms with E-state index in [1.807, 2.05) is 0 Å². The van der Waals surface area contributed by atoms with Gasteiger partial charge in [-0.1, -0.05) is 18.0 Å². The van der Waals surface area contributed by atoms with Gasteiger partial charge < -0.3 is 10.4 Å². The molecular weight excluding hydrogens is 326 g/mol. The SMILES string of the molecule is CS(=O)Cc1cc(NC(=O)CC2(C(=O)O)CCC2)ccc1Cl. The van der Waals surface area contributed by atoms with E-state index in [1.165, 1.54) is 0 Å². The zero-order valence-corrected chi connectivity index (χ0v) is 13.8. The zero-order chi connectivity index (χ0) is 16.3. The van der Waals surface area contributed by atoms with Crippen molar-refractivity contribution in [3.63, 3.8) is 0 Å². The Kier molecular flexibility index (Phi) is 5.24. The Bertz CT molecular complexity index is 628. The zero-order valence-electron chi connectivity index (χ0n) is 12.2. The fraction of sp³-hybridized carbons (Fsp3) is 0.467. The first kappa shape index (κ1) is 17.0. The molecule has 0 aromatic heterocycles. The predicted octanol–water partition coefficient (Wildman–Crippen LogP) is 2.80. The highest BCUT2D eigenvalue weighted by atomic mass is 35.5. The van der Waals surface area contributed by atoms with E-state index in [0.29, 0.717) is 34.9 Å². The lowest BCUT2D eigenvalue weighted by atomic mass is 9.66. The Morgan fingerprint density at radius 1 is 1.41 bits per heavy atom. The van der Waals surface area contributed by atoms with Gasteiger partial charge in [-0.3, -0.25) is 13.8 Å². The first-order valence-corrected chi connectivity index (χ1v) is 9.05. The molecule has 2 N–H and O–H groups in total. The van der Waals surface area contributed by atoms with Gasteiger partial charge in [-0.25, -0.2) is 0 Å². The molecule has 1 aromatic rings. The largest absolute Gasteiger partial charge is 0.481 e. The van der Waals surface area contributed by atoms with E-state index in [9.17, 15) is 18.9 Å². The quantitative estimate of drug-likeness (QED) is 0.832. The average Bonchev–Trinajstić information content (AvgIpc) is 2.37. The van der Waals surface area contributed by atoms with Crippen molar-refractivity contribution in [2.75, 3.05) is 11.6 Å². The molecule has 0 bridgehead atoms. The number of carbonyl (C=O) groups excluding carboxylic acids is 1. The van der Waals surface area contributed by atoms with Gasteiger partial charge in [-0.15, -0.1) is 0 Å². The third-order valence-corrected chi connectivity index (χ3v) is 5.04. The fourth-order valence-electron chi connectivity index (χ4n) is 2.56. The van der Waals surface area contributed by atoms with E-state index in [2.05, 4.69) is 5.32 Å². The number of carbonyl (C=O) groups is 2. The smallest absolute Gasteiger partial charge is 0.310 e. The standard InChI is InChI=1S/C15H18ClNO4S/c1-22(21)9-10-7-11(3-4-12(10)16)17-13(18)8-15(14(19)20)5-2-6-15/h3-4,7H,2,5-6,8-9H2,1H3,(H,17,18)(H,19,20). The highest BCUT2D eigenvalue weighted by molar-refractivity contribution is 7.83. The number of rotatable bonds is 6. The maximum Gasteiger partial charge on any atom is 0.310 e. The van der Waals surface area contributed by atoms with Crippen LogP contribution in [0.15, 0.2) is 18.2 Å². The Balaban J connectivity index is 2.05. The lowest BCUT2D eigenvalue weighted by molar-refractivity contribution is -0.157. The third-order valence-electron chi connectivity index (χ3n) is 3.95. The number of aliphatic carboxylic acids is 1. The van der Waals surface area contributed by atoms with Crippen LogP contribution in [0.3, 0.4) is 0 Å². The molecule has 7 heteroatoms. The van der Waals surface area contributed by atoms with Gasteiger partial charge in [-0.05, 0) is 36.6 Å². The molecule has 1 fully saturated rings. The summed E-state index contributed by atoms with van der Waals surface area (Å²) in [6, 6.07) is 4.96. The summed E-state index contributed by atoms with van der Waals surface area (Å²) < 4.78 is 11.3. The second kappa shape index (κ2) is 6.79. The summed E-state index contributed by atoms with van der Waals surface area (Å²) in [6.07, 6.45) is 3.47. The summed E-state index contributed by atoms with van der Waals surface area (Å²) >= 11 is 6.03. The number of hydrogen-bond donors (Lipinski definition) is 2. The molecule has 1 aromatic carbocycles. The summed E-state index contributed by atoms with van der Waals surface area (Å²) in [5, 5.41) is 12.4. The van der Waals surface area contributed by atoms with Gasteiger partial charge in [0, 0.05) is 39.9 Å². The van der Waals surface area contributed by atoms with Gasteiger partial charge in [0.25, 0.3) is 0 Å². The fourth-order valence-corrected chi connectivity index (χ4v) is 3.50. The monoisotopic (exact) mass is 343 g/mol. The van der Waals surface area contributed by atoms with Gasteiger partial charge >= 0.3 is 5.97 Å². The first-order chi connectivity index (χ1) is 10.3. The number of nitrogens with one attached hydrogen (secondary N) is 1. The van der Waals surface area contributed by atoms with Crippen molar-refractivity contribution in [1.82, 2.24) is 0 Å². The highest BCUT2D eigenvalue weighted by Crippen LogP contribution is 2.44. The molecule has 1 atom stereocenters. The normalized spacial score (nSPS) is 17.4. The summed E-state index contributed by atoms with van der Waals surface area (Å²) in [5.41, 5.74) is 0.316. The lowest BCUT2D eigenvalue weighted by Gasteiger charge is -2.36. The van der Waals surface area contributed by atoms with Gasteiger partial charge in [0.15, 0.2) is 0 Å². The van der Waals surface area contributed by atoms with Crippen molar-refractivity contribution >= 4 is 40.0 Å². The molecule has 1 aliphatic rings. The van der Waals surface area contributed by atoms with Crippen LogP contribution in [-0.2, 0) is 26.1 Å². The van der Waals surface area contributed by atoms with Gasteiger partial charge in [0.2, 0.25) is 5.91 Å². The number of benzene rings is 1. The Hall–Kier alpha value is -1.40. The summed E-state index contributed by atoms with van der Waals surface area (Å²) in [6.45, 7) is 0. The maximum atomic E-state index is 12.1. The van der Waals surface area contributed by atoms with E-state index in [1.54, 1.807) is 24.5 Å². The molecule has 1 amide bonds. The molecule has 5 nitrogen and oxygen atoms in total. The first-order valence-electron chi connectivity index (χ1n) is 6.94. The van der Waals surface area contributed by atoms with Crippen LogP contribution in [-0.4, -0.2) is 27.4 Å². The van der Waals surface area contributed by atoms with E-state index in [0.717, 1.165) is 6.42 Å². The molecule has 0 aliphatic heterocycles. The summed E-state index contributed by atoms with van der Waals surface area (Å²) in [7, 11) is -1.04. The minimum absolute atomic E-state index is 0.0278. The molecule has 22 heavy (non-hydrogen) atoms. The molecule has 1 unspecified atom stereocenters. The number of halogens is 1. The second-order valence-corrected chi connectivity index (χ2v) is 7.53. The Morgan fingerprint density at radius 3 is 2.59 bits per heavy atom. The molecular formula is C15H18ClNO4S. The molecule has 0 radical (unpaired) electrons. The van der Waals surface area contributed by atoms with Gasteiger partial charge in [0.05, 0.1) is 5.41 Å². The van der Waals surface area contributed by atoms with Crippen LogP contribution in [0, 0.1) is 5.41 Å². The highest BCUT2D eigenvalue weighted by Gasteiger charge is 2.45. The van der Waals surface area contributed by atoms with E-state index >= 15 is 0 Å². The second-order valence-electron chi connectivity index (χ2n) is 5.69. The summed E-state index contributed by atoms with van der Waals surface area (Å²) in [4.78, 5) is 23.4. The molecule has 1 saturated carbocycles. The number of anilines is 1. The van der Waals surface area contributed by atoms with Gasteiger partial charge in [-0.2, -0.15) is 0 Å². The van der Waals surface area contributed by atoms with Crippen molar-refractivity contribution in [2.24, 2.45) is 5.41 Å². The van der Waals surface area contributed by atoms with Crippen LogP contribution < -0.4 is 5.32 Å². The van der Waals surface area contributed by atoms with E-state index in [-0.39, 0.29) is 12.3 Å². The van der Waals surface area contributed by atoms with Crippen molar-refractivity contribution in [3.05, 3.63) is 28.8 Å². The Labute approximate surface area is 136 Å². The topological polar surface area (TPSA) is 83.5 Å². The van der Waals surface area contributed by atoms with E-state index in [4.69, 9.17) is 11.6 Å². The average molecular weight is 344 g/mol. The predicted molar refractivity (Wildman–Crippen MR) is 86.4 cm³/mol.